The van der Waals surface area contributed by atoms with E-state index in [0.29, 0.717) is 31.2 Å². The molecule has 0 unspecified atom stereocenters. The quantitative estimate of drug-likeness (QED) is 0.741. The minimum atomic E-state index is -0.572. The summed E-state index contributed by atoms with van der Waals surface area (Å²) in [5.74, 6) is -0.164. The number of alkyl carbamates (subject to hydrolysis) is 1. The van der Waals surface area contributed by atoms with Crippen LogP contribution in [0.25, 0.3) is 6.08 Å². The smallest absolute Gasteiger partial charge is 0.407 e. The first-order valence-corrected chi connectivity index (χ1v) is 9.99. The number of nitrogens with one attached hydrogen (secondary N) is 1. The highest BCUT2D eigenvalue weighted by Crippen LogP contribution is 2.16. The van der Waals surface area contributed by atoms with Crippen LogP contribution in [-0.4, -0.2) is 66.0 Å². The van der Waals surface area contributed by atoms with Crippen molar-refractivity contribution in [3.63, 3.8) is 0 Å². The van der Waals surface area contributed by atoms with E-state index in [-0.39, 0.29) is 24.8 Å². The first-order chi connectivity index (χ1) is 13.7. The first kappa shape index (κ1) is 22.7. The molecule has 1 heterocycles. The maximum absolute atomic E-state index is 12.4. The van der Waals surface area contributed by atoms with E-state index in [0.717, 1.165) is 5.56 Å². The van der Waals surface area contributed by atoms with Gasteiger partial charge in [0.15, 0.2) is 0 Å². The zero-order chi connectivity index (χ0) is 21.4. The van der Waals surface area contributed by atoms with Crippen LogP contribution in [0.5, 0.6) is 0 Å². The highest BCUT2D eigenvalue weighted by Gasteiger charge is 2.23. The fourth-order valence-electron chi connectivity index (χ4n) is 2.80. The van der Waals surface area contributed by atoms with Crippen molar-refractivity contribution in [2.24, 2.45) is 0 Å². The van der Waals surface area contributed by atoms with E-state index in [1.165, 1.54) is 6.08 Å². The van der Waals surface area contributed by atoms with Gasteiger partial charge in [-0.05, 0) is 38.5 Å². The second kappa shape index (κ2) is 10.3. The summed E-state index contributed by atoms with van der Waals surface area (Å²) in [4.78, 5) is 39.7. The van der Waals surface area contributed by atoms with Gasteiger partial charge in [-0.2, -0.15) is 0 Å². The fraction of sp³-hybridized carbons (Fsp3) is 0.476. The Bertz CT molecular complexity index is 765. The fourth-order valence-corrected chi connectivity index (χ4v) is 3.00. The summed E-state index contributed by atoms with van der Waals surface area (Å²) < 4.78 is 5.13. The molecule has 0 aromatic heterocycles. The first-order valence-electron chi connectivity index (χ1n) is 9.62. The van der Waals surface area contributed by atoms with E-state index < -0.39 is 11.7 Å². The summed E-state index contributed by atoms with van der Waals surface area (Å²) >= 11 is 6.09. The Morgan fingerprint density at radius 2 is 1.72 bits per heavy atom. The second-order valence-electron chi connectivity index (χ2n) is 7.74. The Labute approximate surface area is 176 Å². The molecule has 2 rings (SSSR count). The molecule has 7 nitrogen and oxygen atoms in total. The van der Waals surface area contributed by atoms with Gasteiger partial charge in [0.25, 0.3) is 0 Å². The van der Waals surface area contributed by atoms with Gasteiger partial charge in [-0.25, -0.2) is 4.79 Å². The van der Waals surface area contributed by atoms with Crippen LogP contribution in [0.1, 0.15) is 32.8 Å². The lowest BCUT2D eigenvalue weighted by Gasteiger charge is -2.34. The molecule has 0 saturated carbocycles. The van der Waals surface area contributed by atoms with Gasteiger partial charge in [-0.15, -0.1) is 0 Å². The van der Waals surface area contributed by atoms with Gasteiger partial charge in [-0.3, -0.25) is 9.59 Å². The molecule has 29 heavy (non-hydrogen) atoms. The summed E-state index contributed by atoms with van der Waals surface area (Å²) in [6, 6.07) is 7.31. The molecule has 3 amide bonds. The summed E-state index contributed by atoms with van der Waals surface area (Å²) in [7, 11) is 0. The minimum Gasteiger partial charge on any atom is -0.444 e. The number of carbonyl (C=O) groups is 3. The SMILES string of the molecule is CC(C)(C)OC(=O)NCCC(=O)N1CCN(C(=O)/C=C/c2ccccc2Cl)CC1. The molecule has 8 heteroatoms. The Kier molecular flexibility index (Phi) is 8.08. The van der Waals surface area contributed by atoms with Crippen molar-refractivity contribution >= 4 is 35.6 Å². The lowest BCUT2D eigenvalue weighted by molar-refractivity contribution is -0.137. The van der Waals surface area contributed by atoms with E-state index in [2.05, 4.69) is 5.32 Å². The van der Waals surface area contributed by atoms with Gasteiger partial charge < -0.3 is 19.9 Å². The average molecular weight is 422 g/mol. The lowest BCUT2D eigenvalue weighted by atomic mass is 10.2. The summed E-state index contributed by atoms with van der Waals surface area (Å²) in [5.41, 5.74) is 0.214. The molecule has 1 aliphatic rings. The molecular weight excluding hydrogens is 394 g/mol. The van der Waals surface area contributed by atoms with Crippen molar-refractivity contribution in [3.05, 3.63) is 40.9 Å². The molecule has 0 atom stereocenters. The molecule has 1 N–H and O–H groups in total. The maximum Gasteiger partial charge on any atom is 0.407 e. The number of amides is 3. The number of benzene rings is 1. The van der Waals surface area contributed by atoms with Crippen molar-refractivity contribution in [2.45, 2.75) is 32.8 Å². The van der Waals surface area contributed by atoms with E-state index in [1.807, 2.05) is 18.2 Å². The monoisotopic (exact) mass is 421 g/mol. The van der Waals surface area contributed by atoms with Crippen LogP contribution in [0.15, 0.2) is 30.3 Å². The number of ether oxygens (including phenoxy) is 1. The van der Waals surface area contributed by atoms with Gasteiger partial charge in [0.1, 0.15) is 5.60 Å². The van der Waals surface area contributed by atoms with E-state index in [4.69, 9.17) is 16.3 Å². The number of rotatable bonds is 5. The standard InChI is InChI=1S/C21H28ClN3O4/c1-21(2,3)29-20(28)23-11-10-19(27)25-14-12-24(13-15-25)18(26)9-8-16-6-4-5-7-17(16)22/h4-9H,10-15H2,1-3H3,(H,23,28)/b9-8+. The van der Waals surface area contributed by atoms with Gasteiger partial charge in [0, 0.05) is 50.2 Å². The third kappa shape index (κ3) is 7.77. The zero-order valence-corrected chi connectivity index (χ0v) is 17.9. The molecule has 1 aliphatic heterocycles. The molecule has 0 aliphatic carbocycles. The second-order valence-corrected chi connectivity index (χ2v) is 8.15. The van der Waals surface area contributed by atoms with Crippen LogP contribution < -0.4 is 5.32 Å². The third-order valence-corrected chi connectivity index (χ3v) is 4.61. The normalized spacial score (nSPS) is 14.8. The Hall–Kier alpha value is -2.54. The Balaban J connectivity index is 1.72. The number of piperazine rings is 1. The Morgan fingerprint density at radius 3 is 2.34 bits per heavy atom. The van der Waals surface area contributed by atoms with Gasteiger partial charge >= 0.3 is 6.09 Å². The van der Waals surface area contributed by atoms with Crippen molar-refractivity contribution in [3.8, 4) is 0 Å². The molecule has 0 radical (unpaired) electrons. The van der Waals surface area contributed by atoms with E-state index >= 15 is 0 Å². The molecule has 1 aromatic rings. The van der Waals surface area contributed by atoms with E-state index in [9.17, 15) is 14.4 Å². The van der Waals surface area contributed by atoms with Crippen LogP contribution in [0, 0.1) is 0 Å². The van der Waals surface area contributed by atoms with Crippen molar-refractivity contribution in [1.82, 2.24) is 15.1 Å². The third-order valence-electron chi connectivity index (χ3n) is 4.26. The number of nitrogens with zero attached hydrogens (tertiary/aromatic N) is 2. The predicted octanol–water partition coefficient (Wildman–Crippen LogP) is 2.94. The summed E-state index contributed by atoms with van der Waals surface area (Å²) in [6.45, 7) is 7.43. The summed E-state index contributed by atoms with van der Waals surface area (Å²) in [6.07, 6.45) is 2.86. The molecule has 1 saturated heterocycles. The Morgan fingerprint density at radius 1 is 1.10 bits per heavy atom. The van der Waals surface area contributed by atoms with Gasteiger partial charge in [0.05, 0.1) is 0 Å². The molecule has 0 spiro atoms. The van der Waals surface area contributed by atoms with Crippen LogP contribution in [0.3, 0.4) is 0 Å². The highest BCUT2D eigenvalue weighted by molar-refractivity contribution is 6.32. The van der Waals surface area contributed by atoms with Gasteiger partial charge in [0.2, 0.25) is 11.8 Å². The molecule has 158 valence electrons. The summed E-state index contributed by atoms with van der Waals surface area (Å²) in [5, 5.41) is 3.17. The number of halogens is 1. The number of hydrogen-bond donors (Lipinski definition) is 1. The average Bonchev–Trinajstić information content (AvgIpc) is 2.65. The van der Waals surface area contributed by atoms with Crippen LogP contribution >= 0.6 is 11.6 Å². The number of hydrogen-bond acceptors (Lipinski definition) is 4. The number of carbonyl (C=O) groups excluding carboxylic acids is 3. The van der Waals surface area contributed by atoms with Crippen molar-refractivity contribution in [2.75, 3.05) is 32.7 Å². The van der Waals surface area contributed by atoms with E-state index in [1.54, 1.807) is 42.7 Å². The van der Waals surface area contributed by atoms with Crippen LogP contribution in [0.4, 0.5) is 4.79 Å². The van der Waals surface area contributed by atoms with Crippen LogP contribution in [0.2, 0.25) is 5.02 Å². The van der Waals surface area contributed by atoms with Crippen molar-refractivity contribution < 1.29 is 19.1 Å². The predicted molar refractivity (Wildman–Crippen MR) is 112 cm³/mol. The zero-order valence-electron chi connectivity index (χ0n) is 17.1. The van der Waals surface area contributed by atoms with Gasteiger partial charge in [-0.1, -0.05) is 29.8 Å². The molecule has 0 bridgehead atoms. The van der Waals surface area contributed by atoms with Crippen LogP contribution in [-0.2, 0) is 14.3 Å². The molecule has 1 aromatic carbocycles. The maximum atomic E-state index is 12.4. The minimum absolute atomic E-state index is 0.0558. The largest absolute Gasteiger partial charge is 0.444 e. The highest BCUT2D eigenvalue weighted by atomic mass is 35.5. The lowest BCUT2D eigenvalue weighted by Crippen LogP contribution is -2.50. The molecule has 1 fully saturated rings. The van der Waals surface area contributed by atoms with Crippen molar-refractivity contribution in [1.29, 1.82) is 0 Å². The topological polar surface area (TPSA) is 79.0 Å². The molecular formula is C21H28ClN3O4.